The first-order valence-corrected chi connectivity index (χ1v) is 10.6. The molecule has 3 rings (SSSR count). The number of amides is 1. The Bertz CT molecular complexity index is 881. The molecule has 3 heterocycles. The van der Waals surface area contributed by atoms with Crippen molar-refractivity contribution >= 4 is 32.4 Å². The van der Waals surface area contributed by atoms with E-state index in [0.717, 1.165) is 27.6 Å². The van der Waals surface area contributed by atoms with Gasteiger partial charge in [-0.1, -0.05) is 5.16 Å². The molecule has 25 heavy (non-hydrogen) atoms. The molecule has 0 atom stereocenters. The maximum absolute atomic E-state index is 12.2. The van der Waals surface area contributed by atoms with Crippen LogP contribution in [0.15, 0.2) is 4.52 Å². The molecule has 0 radical (unpaired) electrons. The van der Waals surface area contributed by atoms with Crippen molar-refractivity contribution in [1.29, 1.82) is 0 Å². The van der Waals surface area contributed by atoms with Gasteiger partial charge < -0.3 is 9.84 Å². The van der Waals surface area contributed by atoms with Crippen molar-refractivity contribution in [3.63, 3.8) is 0 Å². The second-order valence-corrected chi connectivity index (χ2v) is 9.15. The van der Waals surface area contributed by atoms with E-state index < -0.39 is 10.0 Å². The second-order valence-electron chi connectivity index (χ2n) is 6.09. The van der Waals surface area contributed by atoms with Crippen LogP contribution in [0.5, 0.6) is 0 Å². The molecule has 0 bridgehead atoms. The van der Waals surface area contributed by atoms with Gasteiger partial charge in [0.05, 0.1) is 17.6 Å². The van der Waals surface area contributed by atoms with E-state index in [4.69, 9.17) is 4.52 Å². The summed E-state index contributed by atoms with van der Waals surface area (Å²) in [5.74, 6) is 0.599. The van der Waals surface area contributed by atoms with Gasteiger partial charge in [-0.25, -0.2) is 13.4 Å². The summed E-state index contributed by atoms with van der Waals surface area (Å²) in [6.07, 6.45) is 2.63. The number of carbonyl (C=O) groups excluding carboxylic acids is 1. The first-order chi connectivity index (χ1) is 11.7. The van der Waals surface area contributed by atoms with Gasteiger partial charge in [-0.15, -0.1) is 11.3 Å². The van der Waals surface area contributed by atoms with Gasteiger partial charge in [0.2, 0.25) is 15.9 Å². The molecule has 0 fully saturated rings. The lowest BCUT2D eigenvalue weighted by atomic mass is 10.1. The number of nitrogens with zero attached hydrogens (tertiary/aromatic N) is 3. The molecule has 1 aliphatic rings. The Morgan fingerprint density at radius 2 is 2.16 bits per heavy atom. The van der Waals surface area contributed by atoms with E-state index in [-0.39, 0.29) is 5.91 Å². The zero-order valence-corrected chi connectivity index (χ0v) is 16.0. The average Bonchev–Trinajstić information content (AvgIpc) is 3.06. The molecule has 1 amide bonds. The van der Waals surface area contributed by atoms with Crippen LogP contribution >= 0.6 is 11.3 Å². The van der Waals surface area contributed by atoms with E-state index in [9.17, 15) is 13.2 Å². The summed E-state index contributed by atoms with van der Waals surface area (Å²) in [7, 11) is -3.21. The lowest BCUT2D eigenvalue weighted by Crippen LogP contribution is -2.34. The monoisotopic (exact) mass is 384 g/mol. The standard InChI is InChI=1S/C15H20N4O4S2/c1-9-11(10(2)23-18-9)4-5-14(20)17-15-16-12-6-7-19(25(3,21)22)8-13(12)24-15/h4-8H2,1-3H3,(H,16,17,20). The third-order valence-electron chi connectivity index (χ3n) is 4.19. The number of rotatable bonds is 5. The Labute approximate surface area is 150 Å². The molecule has 0 saturated carbocycles. The number of sulfonamides is 1. The zero-order valence-electron chi connectivity index (χ0n) is 14.3. The maximum Gasteiger partial charge on any atom is 0.226 e. The fourth-order valence-electron chi connectivity index (χ4n) is 2.79. The molecule has 1 N–H and O–H groups in total. The third-order valence-corrected chi connectivity index (χ3v) is 6.44. The summed E-state index contributed by atoms with van der Waals surface area (Å²) < 4.78 is 29.8. The molecule has 1 aliphatic heterocycles. The Balaban J connectivity index is 1.61. The zero-order chi connectivity index (χ0) is 18.2. The summed E-state index contributed by atoms with van der Waals surface area (Å²) in [5, 5.41) is 7.20. The van der Waals surface area contributed by atoms with Gasteiger partial charge in [-0.05, 0) is 20.3 Å². The summed E-state index contributed by atoms with van der Waals surface area (Å²) in [6, 6.07) is 0. The SMILES string of the molecule is Cc1noc(C)c1CCC(=O)Nc1nc2c(s1)CN(S(C)(=O)=O)CC2. The number of aryl methyl sites for hydroxylation is 2. The highest BCUT2D eigenvalue weighted by Gasteiger charge is 2.26. The number of hydrogen-bond acceptors (Lipinski definition) is 7. The van der Waals surface area contributed by atoms with E-state index in [1.54, 1.807) is 0 Å². The molecule has 0 unspecified atom stereocenters. The minimum Gasteiger partial charge on any atom is -0.361 e. The van der Waals surface area contributed by atoms with Crippen molar-refractivity contribution in [2.45, 2.75) is 39.7 Å². The Morgan fingerprint density at radius 3 is 2.80 bits per heavy atom. The fourth-order valence-corrected chi connectivity index (χ4v) is 4.70. The minimum atomic E-state index is -3.21. The summed E-state index contributed by atoms with van der Waals surface area (Å²) in [6.45, 7) is 4.43. The fraction of sp³-hybridized carbons (Fsp3) is 0.533. The van der Waals surface area contributed by atoms with Crippen LogP contribution in [-0.4, -0.2) is 41.6 Å². The number of anilines is 1. The molecule has 2 aromatic heterocycles. The Hall–Kier alpha value is -1.78. The maximum atomic E-state index is 12.2. The minimum absolute atomic E-state index is 0.133. The molecule has 0 saturated heterocycles. The summed E-state index contributed by atoms with van der Waals surface area (Å²) in [4.78, 5) is 17.5. The van der Waals surface area contributed by atoms with Crippen molar-refractivity contribution in [2.24, 2.45) is 0 Å². The molecular weight excluding hydrogens is 364 g/mol. The van der Waals surface area contributed by atoms with E-state index in [1.807, 2.05) is 13.8 Å². The van der Waals surface area contributed by atoms with E-state index in [2.05, 4.69) is 15.5 Å². The highest BCUT2D eigenvalue weighted by Crippen LogP contribution is 2.29. The first kappa shape index (κ1) is 18.0. The number of fused-ring (bicyclic) bond motifs is 1. The predicted molar refractivity (Wildman–Crippen MR) is 94.0 cm³/mol. The molecule has 2 aromatic rings. The average molecular weight is 384 g/mol. The largest absolute Gasteiger partial charge is 0.361 e. The van der Waals surface area contributed by atoms with Crippen molar-refractivity contribution < 1.29 is 17.7 Å². The Kier molecular flexibility index (Phi) is 4.94. The topological polar surface area (TPSA) is 105 Å². The predicted octanol–water partition coefficient (Wildman–Crippen LogP) is 1.64. The molecular formula is C15H20N4O4S2. The number of carbonyl (C=O) groups is 1. The molecule has 10 heteroatoms. The van der Waals surface area contributed by atoms with Crippen LogP contribution in [0.3, 0.4) is 0 Å². The van der Waals surface area contributed by atoms with Crippen LogP contribution in [0.4, 0.5) is 5.13 Å². The van der Waals surface area contributed by atoms with Crippen molar-refractivity contribution in [3.8, 4) is 0 Å². The number of nitrogens with one attached hydrogen (secondary N) is 1. The lowest BCUT2D eigenvalue weighted by Gasteiger charge is -2.23. The number of hydrogen-bond donors (Lipinski definition) is 1. The number of thiazole rings is 1. The van der Waals surface area contributed by atoms with Crippen LogP contribution in [-0.2, 0) is 34.2 Å². The van der Waals surface area contributed by atoms with Gasteiger partial charge >= 0.3 is 0 Å². The third kappa shape index (κ3) is 4.07. The molecule has 0 aromatic carbocycles. The van der Waals surface area contributed by atoms with E-state index in [0.29, 0.717) is 37.5 Å². The van der Waals surface area contributed by atoms with Crippen LogP contribution < -0.4 is 5.32 Å². The van der Waals surface area contributed by atoms with E-state index >= 15 is 0 Å². The molecule has 0 aliphatic carbocycles. The highest BCUT2D eigenvalue weighted by molar-refractivity contribution is 7.88. The van der Waals surface area contributed by atoms with Gasteiger partial charge in [0.25, 0.3) is 0 Å². The lowest BCUT2D eigenvalue weighted by molar-refractivity contribution is -0.116. The molecule has 136 valence electrons. The van der Waals surface area contributed by atoms with Gasteiger partial charge in [0.1, 0.15) is 5.76 Å². The van der Waals surface area contributed by atoms with Gasteiger partial charge in [0.15, 0.2) is 5.13 Å². The Morgan fingerprint density at radius 1 is 1.40 bits per heavy atom. The first-order valence-electron chi connectivity index (χ1n) is 7.89. The summed E-state index contributed by atoms with van der Waals surface area (Å²) >= 11 is 1.33. The normalized spacial score (nSPS) is 15.2. The van der Waals surface area contributed by atoms with Gasteiger partial charge in [0, 0.05) is 36.4 Å². The smallest absolute Gasteiger partial charge is 0.226 e. The highest BCUT2D eigenvalue weighted by atomic mass is 32.2. The quantitative estimate of drug-likeness (QED) is 0.840. The van der Waals surface area contributed by atoms with Crippen LogP contribution in [0, 0.1) is 13.8 Å². The van der Waals surface area contributed by atoms with Crippen LogP contribution in [0.2, 0.25) is 0 Å². The molecule has 8 nitrogen and oxygen atoms in total. The second kappa shape index (κ2) is 6.85. The van der Waals surface area contributed by atoms with Crippen molar-refractivity contribution in [3.05, 3.63) is 27.6 Å². The number of aromatic nitrogens is 2. The van der Waals surface area contributed by atoms with Crippen LogP contribution in [0.1, 0.15) is 34.0 Å². The van der Waals surface area contributed by atoms with Gasteiger partial charge in [-0.2, -0.15) is 4.31 Å². The van der Waals surface area contributed by atoms with Crippen molar-refractivity contribution in [2.75, 3.05) is 18.1 Å². The van der Waals surface area contributed by atoms with Gasteiger partial charge in [-0.3, -0.25) is 4.79 Å². The van der Waals surface area contributed by atoms with E-state index in [1.165, 1.54) is 21.9 Å². The van der Waals surface area contributed by atoms with Crippen LogP contribution in [0.25, 0.3) is 0 Å². The van der Waals surface area contributed by atoms with Crippen molar-refractivity contribution in [1.82, 2.24) is 14.4 Å². The summed E-state index contributed by atoms with van der Waals surface area (Å²) in [5.41, 5.74) is 2.62. The molecule has 0 spiro atoms.